The van der Waals surface area contributed by atoms with Gasteiger partial charge in [0.2, 0.25) is 11.8 Å². The van der Waals surface area contributed by atoms with Gasteiger partial charge in [-0.1, -0.05) is 20.8 Å². The lowest BCUT2D eigenvalue weighted by molar-refractivity contribution is -0.144. The monoisotopic (exact) mass is 288 g/mol. The fourth-order valence-electron chi connectivity index (χ4n) is 2.10. The third-order valence-corrected chi connectivity index (χ3v) is 4.73. The van der Waals surface area contributed by atoms with Crippen LogP contribution in [0.15, 0.2) is 0 Å². The summed E-state index contributed by atoms with van der Waals surface area (Å²) >= 11 is 0. The van der Waals surface area contributed by atoms with Gasteiger partial charge in [-0.25, -0.2) is 0 Å². The highest BCUT2D eigenvalue weighted by Gasteiger charge is 2.32. The Kier molecular flexibility index (Phi) is 5.97. The third-order valence-electron chi connectivity index (χ3n) is 3.36. The molecule has 3 unspecified atom stereocenters. The second kappa shape index (κ2) is 7.03. The molecule has 0 aliphatic carbocycles. The van der Waals surface area contributed by atoms with Crippen molar-refractivity contribution in [3.63, 3.8) is 0 Å². The van der Waals surface area contributed by atoms with E-state index in [0.717, 1.165) is 0 Å². The van der Waals surface area contributed by atoms with Crippen LogP contribution in [0.3, 0.4) is 0 Å². The average molecular weight is 288 g/mol. The summed E-state index contributed by atoms with van der Waals surface area (Å²) in [6.45, 7) is 6.58. The molecule has 1 N–H and O–H groups in total. The highest BCUT2D eigenvalue weighted by molar-refractivity contribution is 7.84. The normalized spacial score (nSPS) is 23.4. The van der Waals surface area contributed by atoms with Crippen molar-refractivity contribution in [3.8, 4) is 0 Å². The van der Waals surface area contributed by atoms with Crippen LogP contribution >= 0.6 is 0 Å². The maximum atomic E-state index is 12.2. The molecule has 0 aromatic rings. The lowest BCUT2D eigenvalue weighted by atomic mass is 10.0. The van der Waals surface area contributed by atoms with Gasteiger partial charge >= 0.3 is 0 Å². The van der Waals surface area contributed by atoms with Crippen molar-refractivity contribution in [1.29, 1.82) is 0 Å². The number of nitrogens with zero attached hydrogens (tertiary/aromatic N) is 1. The molecule has 1 heterocycles. The van der Waals surface area contributed by atoms with Crippen molar-refractivity contribution >= 4 is 22.6 Å². The zero-order valence-corrected chi connectivity index (χ0v) is 13.0. The summed E-state index contributed by atoms with van der Waals surface area (Å²) in [5.74, 6) is 0.245. The Morgan fingerprint density at radius 1 is 1.37 bits per heavy atom. The van der Waals surface area contributed by atoms with E-state index in [2.05, 4.69) is 5.32 Å². The Balaban J connectivity index is 2.59. The van der Waals surface area contributed by atoms with Crippen LogP contribution in [0.2, 0.25) is 0 Å². The molecule has 1 aliphatic heterocycles. The van der Waals surface area contributed by atoms with Gasteiger partial charge in [0.25, 0.3) is 0 Å². The van der Waals surface area contributed by atoms with Gasteiger partial charge in [-0.15, -0.1) is 0 Å². The van der Waals surface area contributed by atoms with E-state index in [-0.39, 0.29) is 23.6 Å². The van der Waals surface area contributed by atoms with Crippen LogP contribution in [0.4, 0.5) is 0 Å². The van der Waals surface area contributed by atoms with Crippen molar-refractivity contribution in [2.75, 3.05) is 19.3 Å². The first-order valence-corrected chi connectivity index (χ1v) is 8.33. The van der Waals surface area contributed by atoms with E-state index in [1.165, 1.54) is 0 Å². The number of rotatable bonds is 6. The zero-order chi connectivity index (χ0) is 14.6. The molecule has 0 saturated carbocycles. The first-order valence-electron chi connectivity index (χ1n) is 6.71. The summed E-state index contributed by atoms with van der Waals surface area (Å²) in [6, 6.07) is -0.399. The van der Waals surface area contributed by atoms with E-state index in [4.69, 9.17) is 0 Å². The molecule has 1 aliphatic rings. The van der Waals surface area contributed by atoms with E-state index >= 15 is 0 Å². The molecule has 19 heavy (non-hydrogen) atoms. The third kappa shape index (κ3) is 4.93. The van der Waals surface area contributed by atoms with Gasteiger partial charge in [-0.2, -0.15) is 0 Å². The van der Waals surface area contributed by atoms with Crippen molar-refractivity contribution in [3.05, 3.63) is 0 Å². The van der Waals surface area contributed by atoms with Crippen molar-refractivity contribution in [1.82, 2.24) is 10.2 Å². The summed E-state index contributed by atoms with van der Waals surface area (Å²) in [6.07, 6.45) is 2.99. The highest BCUT2D eigenvalue weighted by Crippen LogP contribution is 2.13. The quantitative estimate of drug-likeness (QED) is 0.775. The van der Waals surface area contributed by atoms with Gasteiger partial charge in [0.1, 0.15) is 6.04 Å². The predicted molar refractivity (Wildman–Crippen MR) is 76.1 cm³/mol. The number of carbonyl (C=O) groups excluding carboxylic acids is 2. The number of hydrogen-bond acceptors (Lipinski definition) is 3. The first kappa shape index (κ1) is 16.1. The molecule has 0 aromatic carbocycles. The van der Waals surface area contributed by atoms with Gasteiger partial charge in [-0.05, 0) is 18.8 Å². The van der Waals surface area contributed by atoms with Crippen LogP contribution in [0.25, 0.3) is 0 Å². The number of piperazine rings is 1. The molecule has 2 amide bonds. The Bertz CT molecular complexity index is 371. The van der Waals surface area contributed by atoms with Crippen LogP contribution in [-0.4, -0.2) is 51.6 Å². The minimum atomic E-state index is -0.891. The molecule has 0 radical (unpaired) electrons. The molecule has 3 atom stereocenters. The predicted octanol–water partition coefficient (Wildman–Crippen LogP) is 0.517. The van der Waals surface area contributed by atoms with Crippen LogP contribution in [0, 0.1) is 5.92 Å². The number of hydrogen-bond donors (Lipinski definition) is 1. The standard InChI is InChI=1S/C13H24N2O3S/c1-9(2)7-11-13(17)15(8-12(16)14-11)6-5-10(3)19(4)18/h9-11H,5-8H2,1-4H3,(H,14,16). The van der Waals surface area contributed by atoms with Crippen molar-refractivity contribution in [2.24, 2.45) is 5.92 Å². The number of carbonyl (C=O) groups is 2. The zero-order valence-electron chi connectivity index (χ0n) is 12.1. The van der Waals surface area contributed by atoms with E-state index in [1.54, 1.807) is 11.2 Å². The van der Waals surface area contributed by atoms with E-state index < -0.39 is 16.8 Å². The molecule has 1 rings (SSSR count). The summed E-state index contributed by atoms with van der Waals surface area (Å²) in [7, 11) is -0.891. The minimum Gasteiger partial charge on any atom is -0.343 e. The highest BCUT2D eigenvalue weighted by atomic mass is 32.2. The lowest BCUT2D eigenvalue weighted by Gasteiger charge is -2.33. The van der Waals surface area contributed by atoms with Gasteiger partial charge < -0.3 is 10.2 Å². The second-order valence-corrected chi connectivity index (χ2v) is 7.41. The molecular weight excluding hydrogens is 264 g/mol. The maximum absolute atomic E-state index is 12.2. The molecule has 0 bridgehead atoms. The maximum Gasteiger partial charge on any atom is 0.245 e. The molecular formula is C13H24N2O3S. The molecule has 0 aromatic heterocycles. The largest absolute Gasteiger partial charge is 0.343 e. The van der Waals surface area contributed by atoms with Gasteiger partial charge in [0.05, 0.1) is 6.54 Å². The molecule has 110 valence electrons. The Morgan fingerprint density at radius 3 is 2.53 bits per heavy atom. The minimum absolute atomic E-state index is 0.0117. The first-order chi connectivity index (χ1) is 8.81. The molecule has 1 fully saturated rings. The molecule has 5 nitrogen and oxygen atoms in total. The molecule has 6 heteroatoms. The average Bonchev–Trinajstić information content (AvgIpc) is 2.30. The molecule has 0 spiro atoms. The Labute approximate surface area is 117 Å². The second-order valence-electron chi connectivity index (χ2n) is 5.61. The Hall–Kier alpha value is -0.910. The lowest BCUT2D eigenvalue weighted by Crippen LogP contribution is -2.58. The number of amides is 2. The number of nitrogens with one attached hydrogen (secondary N) is 1. The van der Waals surface area contributed by atoms with Gasteiger partial charge in [0.15, 0.2) is 0 Å². The van der Waals surface area contributed by atoms with Crippen molar-refractivity contribution < 1.29 is 13.8 Å². The SMILES string of the molecule is CC(C)CC1NC(=O)CN(CCC(C)S(C)=O)C1=O. The molecule has 1 saturated heterocycles. The van der Waals surface area contributed by atoms with Crippen LogP contribution in [-0.2, 0) is 20.4 Å². The Morgan fingerprint density at radius 2 is 2.00 bits per heavy atom. The summed E-state index contributed by atoms with van der Waals surface area (Å²) in [4.78, 5) is 25.4. The van der Waals surface area contributed by atoms with Crippen LogP contribution in [0.1, 0.15) is 33.6 Å². The summed E-state index contributed by atoms with van der Waals surface area (Å²) in [5.41, 5.74) is 0. The fraction of sp³-hybridized carbons (Fsp3) is 0.846. The summed E-state index contributed by atoms with van der Waals surface area (Å²) < 4.78 is 11.3. The topological polar surface area (TPSA) is 66.5 Å². The summed E-state index contributed by atoms with van der Waals surface area (Å²) in [5, 5.41) is 2.79. The van der Waals surface area contributed by atoms with Gasteiger partial charge in [0, 0.05) is 28.9 Å². The van der Waals surface area contributed by atoms with E-state index in [9.17, 15) is 13.8 Å². The van der Waals surface area contributed by atoms with Crippen LogP contribution < -0.4 is 5.32 Å². The van der Waals surface area contributed by atoms with Crippen LogP contribution in [0.5, 0.6) is 0 Å². The fourth-order valence-corrected chi connectivity index (χ4v) is 2.53. The van der Waals surface area contributed by atoms with Gasteiger partial charge in [-0.3, -0.25) is 13.8 Å². The van der Waals surface area contributed by atoms with E-state index in [0.29, 0.717) is 25.3 Å². The van der Waals surface area contributed by atoms with E-state index in [1.807, 2.05) is 20.8 Å². The smallest absolute Gasteiger partial charge is 0.245 e. The van der Waals surface area contributed by atoms with Crippen molar-refractivity contribution in [2.45, 2.75) is 44.9 Å².